The van der Waals surface area contributed by atoms with Gasteiger partial charge in [-0.15, -0.1) is 0 Å². The first-order chi connectivity index (χ1) is 8.81. The zero-order valence-corrected chi connectivity index (χ0v) is 12.9. The van der Waals surface area contributed by atoms with Crippen LogP contribution in [0, 0.1) is 5.82 Å². The maximum atomic E-state index is 13.0. The second-order valence-corrected chi connectivity index (χ2v) is 6.67. The largest absolute Gasteiger partial charge is 0.339 e. The fourth-order valence-electron chi connectivity index (χ4n) is 1.57. The van der Waals surface area contributed by atoms with Gasteiger partial charge in [0.2, 0.25) is 0 Å². The summed E-state index contributed by atoms with van der Waals surface area (Å²) in [7, 11) is -2.17. The maximum Gasteiger partial charge on any atom is 0.278 e. The molecule has 1 aromatic carbocycles. The van der Waals surface area contributed by atoms with E-state index in [4.69, 9.17) is 11.6 Å². The van der Waals surface area contributed by atoms with Gasteiger partial charge < -0.3 is 4.57 Å². The third kappa shape index (κ3) is 2.93. The van der Waals surface area contributed by atoms with Crippen molar-refractivity contribution >= 4 is 43.2 Å². The normalized spacial score (nSPS) is 11.6. The summed E-state index contributed by atoms with van der Waals surface area (Å²) in [6, 6.07) is 5.23. The topological polar surface area (TPSA) is 51.1 Å². The maximum absolute atomic E-state index is 13.0. The SMILES string of the molecule is Cn1ccc(Br)c1S(=O)(=O)Nc1ccc(F)c(Cl)c1. The van der Waals surface area contributed by atoms with Gasteiger partial charge >= 0.3 is 0 Å². The number of hydrogen-bond acceptors (Lipinski definition) is 2. The Morgan fingerprint density at radius 1 is 1.37 bits per heavy atom. The number of nitrogens with one attached hydrogen (secondary N) is 1. The molecule has 8 heteroatoms. The quantitative estimate of drug-likeness (QED) is 0.904. The first-order valence-electron chi connectivity index (χ1n) is 5.10. The number of benzene rings is 1. The Bertz CT molecular complexity index is 711. The molecule has 0 aliphatic carbocycles. The summed E-state index contributed by atoms with van der Waals surface area (Å²) in [5.41, 5.74) is 0.194. The van der Waals surface area contributed by atoms with E-state index in [9.17, 15) is 12.8 Å². The Kier molecular flexibility index (Phi) is 3.89. The molecule has 0 atom stereocenters. The molecule has 0 aliphatic heterocycles. The van der Waals surface area contributed by atoms with Crippen molar-refractivity contribution in [2.45, 2.75) is 5.03 Å². The van der Waals surface area contributed by atoms with E-state index in [1.165, 1.54) is 16.7 Å². The molecule has 4 nitrogen and oxygen atoms in total. The predicted octanol–water partition coefficient (Wildman–Crippen LogP) is 3.38. The van der Waals surface area contributed by atoms with Crippen LogP contribution >= 0.6 is 27.5 Å². The Hall–Kier alpha value is -1.05. The summed E-state index contributed by atoms with van der Waals surface area (Å²) in [6.07, 6.45) is 1.61. The number of rotatable bonds is 3. The zero-order chi connectivity index (χ0) is 14.2. The molecule has 0 fully saturated rings. The highest BCUT2D eigenvalue weighted by atomic mass is 79.9. The molecule has 2 rings (SSSR count). The van der Waals surface area contributed by atoms with Gasteiger partial charge in [0.05, 0.1) is 15.2 Å². The summed E-state index contributed by atoms with van der Waals surface area (Å²) in [5.74, 6) is -0.607. The summed E-state index contributed by atoms with van der Waals surface area (Å²) >= 11 is 8.77. The third-order valence-corrected chi connectivity index (χ3v) is 5.11. The average molecular weight is 368 g/mol. The molecule has 0 saturated carbocycles. The lowest BCUT2D eigenvalue weighted by molar-refractivity contribution is 0.590. The molecular formula is C11H9BrClFN2O2S. The van der Waals surface area contributed by atoms with Gasteiger partial charge in [0.1, 0.15) is 5.82 Å². The van der Waals surface area contributed by atoms with E-state index in [1.54, 1.807) is 19.3 Å². The van der Waals surface area contributed by atoms with Gasteiger partial charge in [0.25, 0.3) is 10.0 Å². The van der Waals surface area contributed by atoms with Gasteiger partial charge in [-0.05, 0) is 40.2 Å². The van der Waals surface area contributed by atoms with Crippen LogP contribution in [0.1, 0.15) is 0 Å². The van der Waals surface area contributed by atoms with Crippen LogP contribution in [0.5, 0.6) is 0 Å². The molecule has 0 amide bonds. The second-order valence-electron chi connectivity index (χ2n) is 3.81. The molecule has 2 aromatic rings. The number of sulfonamides is 1. The van der Waals surface area contributed by atoms with Crippen molar-refractivity contribution in [3.63, 3.8) is 0 Å². The third-order valence-electron chi connectivity index (χ3n) is 2.40. The fourth-order valence-corrected chi connectivity index (χ4v) is 4.08. The molecule has 102 valence electrons. The van der Waals surface area contributed by atoms with E-state index >= 15 is 0 Å². The summed E-state index contributed by atoms with van der Waals surface area (Å²) < 4.78 is 41.7. The number of nitrogens with zero attached hydrogens (tertiary/aromatic N) is 1. The van der Waals surface area contributed by atoms with E-state index in [-0.39, 0.29) is 15.7 Å². The lowest BCUT2D eigenvalue weighted by Crippen LogP contribution is -2.16. The number of aryl methyl sites for hydroxylation is 1. The molecule has 0 aliphatic rings. The standard InChI is InChI=1S/C11H9BrClFN2O2S/c1-16-5-4-8(12)11(16)19(17,18)15-7-2-3-10(14)9(13)6-7/h2-6,15H,1H3. The first-order valence-corrected chi connectivity index (χ1v) is 7.75. The predicted molar refractivity (Wildman–Crippen MR) is 75.3 cm³/mol. The molecule has 0 bridgehead atoms. The molecule has 1 N–H and O–H groups in total. The van der Waals surface area contributed by atoms with Gasteiger partial charge in [0, 0.05) is 13.2 Å². The number of halogens is 3. The molecular weight excluding hydrogens is 359 g/mol. The Labute approximate surface area is 123 Å². The van der Waals surface area contributed by atoms with Crippen LogP contribution in [-0.4, -0.2) is 13.0 Å². The minimum Gasteiger partial charge on any atom is -0.339 e. The Morgan fingerprint density at radius 2 is 2.05 bits per heavy atom. The summed E-state index contributed by atoms with van der Waals surface area (Å²) in [5, 5.41) is -0.0703. The lowest BCUT2D eigenvalue weighted by Gasteiger charge is -2.10. The van der Waals surface area contributed by atoms with Crippen molar-refractivity contribution in [1.29, 1.82) is 0 Å². The highest BCUT2D eigenvalue weighted by Gasteiger charge is 2.21. The van der Waals surface area contributed by atoms with Crippen LogP contribution in [0.4, 0.5) is 10.1 Å². The van der Waals surface area contributed by atoms with E-state index < -0.39 is 15.8 Å². The van der Waals surface area contributed by atoms with E-state index in [0.717, 1.165) is 6.07 Å². The number of anilines is 1. The zero-order valence-electron chi connectivity index (χ0n) is 9.69. The Balaban J connectivity index is 2.39. The van der Waals surface area contributed by atoms with Crippen molar-refractivity contribution < 1.29 is 12.8 Å². The fraction of sp³-hybridized carbons (Fsp3) is 0.0909. The summed E-state index contributed by atoms with van der Waals surface area (Å²) in [4.78, 5) is 0. The highest BCUT2D eigenvalue weighted by molar-refractivity contribution is 9.10. The van der Waals surface area contributed by atoms with Gasteiger partial charge in [0.15, 0.2) is 5.03 Å². The number of hydrogen-bond donors (Lipinski definition) is 1. The van der Waals surface area contributed by atoms with Crippen LogP contribution in [-0.2, 0) is 17.1 Å². The van der Waals surface area contributed by atoms with Crippen LogP contribution in [0.3, 0.4) is 0 Å². The second kappa shape index (κ2) is 5.15. The monoisotopic (exact) mass is 366 g/mol. The molecule has 0 unspecified atom stereocenters. The number of aromatic nitrogens is 1. The van der Waals surface area contributed by atoms with Gasteiger partial charge in [-0.3, -0.25) is 4.72 Å². The van der Waals surface area contributed by atoms with Crippen LogP contribution in [0.15, 0.2) is 40.0 Å². The lowest BCUT2D eigenvalue weighted by atomic mass is 10.3. The van der Waals surface area contributed by atoms with E-state index in [1.807, 2.05) is 0 Å². The minimum atomic E-state index is -3.78. The molecule has 19 heavy (non-hydrogen) atoms. The Morgan fingerprint density at radius 3 is 2.58 bits per heavy atom. The molecule has 0 spiro atoms. The van der Waals surface area contributed by atoms with Gasteiger partial charge in [-0.2, -0.15) is 8.42 Å². The molecule has 1 heterocycles. The first kappa shape index (κ1) is 14.4. The van der Waals surface area contributed by atoms with Crippen LogP contribution in [0.2, 0.25) is 5.02 Å². The smallest absolute Gasteiger partial charge is 0.278 e. The minimum absolute atomic E-state index is 0.0768. The van der Waals surface area contributed by atoms with E-state index in [0.29, 0.717) is 4.47 Å². The van der Waals surface area contributed by atoms with Crippen molar-refractivity contribution in [2.24, 2.45) is 7.05 Å². The average Bonchev–Trinajstić information content (AvgIpc) is 2.64. The highest BCUT2D eigenvalue weighted by Crippen LogP contribution is 2.26. The van der Waals surface area contributed by atoms with Crippen molar-refractivity contribution in [1.82, 2.24) is 4.57 Å². The molecule has 1 aromatic heterocycles. The van der Waals surface area contributed by atoms with Crippen LogP contribution < -0.4 is 4.72 Å². The van der Waals surface area contributed by atoms with E-state index in [2.05, 4.69) is 20.7 Å². The summed E-state index contributed by atoms with van der Waals surface area (Å²) in [6.45, 7) is 0. The van der Waals surface area contributed by atoms with Crippen LogP contribution in [0.25, 0.3) is 0 Å². The molecule has 0 radical (unpaired) electrons. The van der Waals surface area contributed by atoms with Gasteiger partial charge in [-0.1, -0.05) is 11.6 Å². The van der Waals surface area contributed by atoms with Crippen molar-refractivity contribution in [2.75, 3.05) is 4.72 Å². The molecule has 0 saturated heterocycles. The van der Waals surface area contributed by atoms with Crippen molar-refractivity contribution in [3.05, 3.63) is 45.8 Å². The van der Waals surface area contributed by atoms with Crippen molar-refractivity contribution in [3.8, 4) is 0 Å². The van der Waals surface area contributed by atoms with Gasteiger partial charge in [-0.25, -0.2) is 4.39 Å².